The SMILES string of the molecule is CCN(CC1CCC1)c1nccc(CNC)c1F. The molecule has 1 fully saturated rings. The standard InChI is InChI=1S/C14H22FN3/c1-3-18(10-11-5-4-6-11)14-13(15)12(9-16-2)7-8-17-14/h7-8,11,16H,3-6,9-10H2,1-2H3. The number of nitrogens with one attached hydrogen (secondary N) is 1. The van der Waals surface area contributed by atoms with Gasteiger partial charge in [0.25, 0.3) is 0 Å². The van der Waals surface area contributed by atoms with Crippen molar-refractivity contribution in [1.29, 1.82) is 0 Å². The van der Waals surface area contributed by atoms with Crippen LogP contribution in [0, 0.1) is 11.7 Å². The average molecular weight is 251 g/mol. The van der Waals surface area contributed by atoms with Crippen molar-refractivity contribution >= 4 is 5.82 Å². The van der Waals surface area contributed by atoms with Gasteiger partial charge in [-0.25, -0.2) is 9.37 Å². The molecule has 2 rings (SSSR count). The molecule has 1 heterocycles. The van der Waals surface area contributed by atoms with Crippen LogP contribution in [0.25, 0.3) is 0 Å². The molecule has 0 bridgehead atoms. The van der Waals surface area contributed by atoms with E-state index in [9.17, 15) is 4.39 Å². The summed E-state index contributed by atoms with van der Waals surface area (Å²) in [5.41, 5.74) is 0.689. The first kappa shape index (κ1) is 13.3. The summed E-state index contributed by atoms with van der Waals surface area (Å²) in [4.78, 5) is 6.29. The third-order valence-corrected chi connectivity index (χ3v) is 3.70. The summed E-state index contributed by atoms with van der Waals surface area (Å²) in [6.45, 7) is 4.35. The minimum atomic E-state index is -0.173. The maximum Gasteiger partial charge on any atom is 0.170 e. The van der Waals surface area contributed by atoms with E-state index in [0.29, 0.717) is 17.9 Å². The molecule has 1 aliphatic rings. The molecule has 1 aromatic heterocycles. The van der Waals surface area contributed by atoms with Crippen molar-refractivity contribution in [3.8, 4) is 0 Å². The molecule has 1 saturated carbocycles. The van der Waals surface area contributed by atoms with Crippen LogP contribution in [0.3, 0.4) is 0 Å². The first-order valence-corrected chi connectivity index (χ1v) is 6.79. The minimum absolute atomic E-state index is 0.173. The highest BCUT2D eigenvalue weighted by molar-refractivity contribution is 5.43. The van der Waals surface area contributed by atoms with E-state index in [1.165, 1.54) is 19.3 Å². The van der Waals surface area contributed by atoms with Gasteiger partial charge in [-0.1, -0.05) is 6.42 Å². The van der Waals surface area contributed by atoms with Crippen molar-refractivity contribution in [2.24, 2.45) is 5.92 Å². The Morgan fingerprint density at radius 1 is 1.50 bits per heavy atom. The number of hydrogen-bond donors (Lipinski definition) is 1. The summed E-state index contributed by atoms with van der Waals surface area (Å²) in [6, 6.07) is 1.74. The molecule has 0 spiro atoms. The van der Waals surface area contributed by atoms with Crippen LogP contribution < -0.4 is 10.2 Å². The second kappa shape index (κ2) is 6.14. The predicted molar refractivity (Wildman–Crippen MR) is 72.2 cm³/mol. The molecule has 0 radical (unpaired) electrons. The number of halogens is 1. The highest BCUT2D eigenvalue weighted by Gasteiger charge is 2.22. The normalized spacial score (nSPS) is 15.5. The Hall–Kier alpha value is -1.16. The topological polar surface area (TPSA) is 28.2 Å². The highest BCUT2D eigenvalue weighted by atomic mass is 19.1. The Bertz CT molecular complexity index is 391. The Balaban J connectivity index is 2.15. The number of pyridine rings is 1. The molecule has 0 atom stereocenters. The summed E-state index contributed by atoms with van der Waals surface area (Å²) >= 11 is 0. The summed E-state index contributed by atoms with van der Waals surface area (Å²) in [6.07, 6.45) is 5.56. The van der Waals surface area contributed by atoms with Gasteiger partial charge in [-0.05, 0) is 38.8 Å². The van der Waals surface area contributed by atoms with Crippen molar-refractivity contribution in [2.45, 2.75) is 32.7 Å². The van der Waals surface area contributed by atoms with E-state index < -0.39 is 0 Å². The van der Waals surface area contributed by atoms with Gasteiger partial charge in [0.2, 0.25) is 0 Å². The van der Waals surface area contributed by atoms with Crippen LogP contribution in [0.1, 0.15) is 31.7 Å². The molecule has 3 nitrogen and oxygen atoms in total. The number of aromatic nitrogens is 1. The average Bonchev–Trinajstić information content (AvgIpc) is 2.32. The third-order valence-electron chi connectivity index (χ3n) is 3.70. The second-order valence-corrected chi connectivity index (χ2v) is 4.97. The fourth-order valence-electron chi connectivity index (χ4n) is 2.37. The zero-order valence-electron chi connectivity index (χ0n) is 11.2. The maximum atomic E-state index is 14.3. The summed E-state index contributed by atoms with van der Waals surface area (Å²) in [7, 11) is 1.82. The van der Waals surface area contributed by atoms with Crippen LogP contribution in [0.15, 0.2) is 12.3 Å². The summed E-state index contributed by atoms with van der Waals surface area (Å²) in [5, 5.41) is 2.99. The quantitative estimate of drug-likeness (QED) is 0.842. The zero-order valence-corrected chi connectivity index (χ0v) is 11.2. The largest absolute Gasteiger partial charge is 0.354 e. The van der Waals surface area contributed by atoms with Gasteiger partial charge < -0.3 is 10.2 Å². The van der Waals surface area contributed by atoms with Crippen LogP contribution in [0.2, 0.25) is 0 Å². The van der Waals surface area contributed by atoms with Gasteiger partial charge >= 0.3 is 0 Å². The van der Waals surface area contributed by atoms with Gasteiger partial charge in [-0.2, -0.15) is 0 Å². The Morgan fingerprint density at radius 3 is 2.83 bits per heavy atom. The molecule has 0 saturated heterocycles. The van der Waals surface area contributed by atoms with E-state index >= 15 is 0 Å². The van der Waals surface area contributed by atoms with Gasteiger partial charge in [0.05, 0.1) is 0 Å². The Kier molecular flexibility index (Phi) is 4.53. The van der Waals surface area contributed by atoms with Gasteiger partial charge in [-0.3, -0.25) is 0 Å². The fraction of sp³-hybridized carbons (Fsp3) is 0.643. The Labute approximate surface area is 108 Å². The van der Waals surface area contributed by atoms with Crippen molar-refractivity contribution in [1.82, 2.24) is 10.3 Å². The molecule has 1 aromatic rings. The van der Waals surface area contributed by atoms with E-state index in [1.807, 2.05) is 7.05 Å². The minimum Gasteiger partial charge on any atom is -0.354 e. The monoisotopic (exact) mass is 251 g/mol. The van der Waals surface area contributed by atoms with Crippen LogP contribution in [0.4, 0.5) is 10.2 Å². The van der Waals surface area contributed by atoms with E-state index in [-0.39, 0.29) is 5.82 Å². The third kappa shape index (κ3) is 2.80. The Morgan fingerprint density at radius 2 is 2.28 bits per heavy atom. The van der Waals surface area contributed by atoms with E-state index in [0.717, 1.165) is 19.0 Å². The van der Waals surface area contributed by atoms with E-state index in [4.69, 9.17) is 0 Å². The lowest BCUT2D eigenvalue weighted by Crippen LogP contribution is -2.33. The van der Waals surface area contributed by atoms with Crippen LogP contribution in [-0.4, -0.2) is 25.1 Å². The molecular weight excluding hydrogens is 229 g/mol. The van der Waals surface area contributed by atoms with Gasteiger partial charge in [0.1, 0.15) is 0 Å². The van der Waals surface area contributed by atoms with Crippen LogP contribution in [-0.2, 0) is 6.54 Å². The molecule has 0 aliphatic heterocycles. The zero-order chi connectivity index (χ0) is 13.0. The lowest BCUT2D eigenvalue weighted by atomic mass is 9.85. The van der Waals surface area contributed by atoms with Crippen LogP contribution in [0.5, 0.6) is 0 Å². The molecule has 1 aliphatic carbocycles. The first-order valence-electron chi connectivity index (χ1n) is 6.79. The van der Waals surface area contributed by atoms with E-state index in [1.54, 1.807) is 12.3 Å². The van der Waals surface area contributed by atoms with E-state index in [2.05, 4.69) is 22.1 Å². The van der Waals surface area contributed by atoms with Crippen LogP contribution >= 0.6 is 0 Å². The first-order chi connectivity index (χ1) is 8.76. The summed E-state index contributed by atoms with van der Waals surface area (Å²) < 4.78 is 14.3. The number of rotatable bonds is 6. The second-order valence-electron chi connectivity index (χ2n) is 4.97. The van der Waals surface area contributed by atoms with Gasteiger partial charge in [-0.15, -0.1) is 0 Å². The predicted octanol–water partition coefficient (Wildman–Crippen LogP) is 2.57. The molecule has 0 aromatic carbocycles. The number of nitrogens with zero attached hydrogens (tertiary/aromatic N) is 2. The maximum absolute atomic E-state index is 14.3. The molecule has 100 valence electrons. The summed E-state index contributed by atoms with van der Waals surface area (Å²) in [5.74, 6) is 1.06. The van der Waals surface area contributed by atoms with Crippen molar-refractivity contribution < 1.29 is 4.39 Å². The smallest absolute Gasteiger partial charge is 0.170 e. The fourth-order valence-corrected chi connectivity index (χ4v) is 2.37. The molecule has 18 heavy (non-hydrogen) atoms. The van der Waals surface area contributed by atoms with Crippen molar-refractivity contribution in [3.63, 3.8) is 0 Å². The van der Waals surface area contributed by atoms with Gasteiger partial charge in [0, 0.05) is 31.4 Å². The molecule has 1 N–H and O–H groups in total. The van der Waals surface area contributed by atoms with Crippen molar-refractivity contribution in [3.05, 3.63) is 23.6 Å². The molecular formula is C14H22FN3. The highest BCUT2D eigenvalue weighted by Crippen LogP contribution is 2.29. The lowest BCUT2D eigenvalue weighted by Gasteiger charge is -2.32. The van der Waals surface area contributed by atoms with Crippen molar-refractivity contribution in [2.75, 3.05) is 25.0 Å². The molecule has 4 heteroatoms. The molecule has 0 amide bonds. The lowest BCUT2D eigenvalue weighted by molar-refractivity contribution is 0.317. The van der Waals surface area contributed by atoms with Gasteiger partial charge in [0.15, 0.2) is 11.6 Å². The number of anilines is 1. The number of hydrogen-bond acceptors (Lipinski definition) is 3. The molecule has 0 unspecified atom stereocenters.